The summed E-state index contributed by atoms with van der Waals surface area (Å²) in [6, 6.07) is 12.7. The van der Waals surface area contributed by atoms with Gasteiger partial charge in [-0.1, -0.05) is 30.3 Å². The third-order valence-electron chi connectivity index (χ3n) is 2.97. The Kier molecular flexibility index (Phi) is 3.92. The average molecular weight is 259 g/mol. The van der Waals surface area contributed by atoms with Gasteiger partial charge in [0.15, 0.2) is 0 Å². The van der Waals surface area contributed by atoms with E-state index in [2.05, 4.69) is 0 Å². The molecule has 2 aromatic carbocycles. The maximum atomic E-state index is 10.5. The highest BCUT2D eigenvalue weighted by Gasteiger charge is 2.18. The second-order valence-corrected chi connectivity index (χ2v) is 4.15. The number of anilines is 1. The van der Waals surface area contributed by atoms with Crippen molar-refractivity contribution in [3.05, 3.63) is 53.6 Å². The SMILES string of the molecule is COc1cc(N)c(OC)c(C(O)c2ccccc2)c1. The van der Waals surface area contributed by atoms with Gasteiger partial charge in [-0.05, 0) is 11.6 Å². The van der Waals surface area contributed by atoms with Gasteiger partial charge in [0.2, 0.25) is 0 Å². The molecule has 100 valence electrons. The summed E-state index contributed by atoms with van der Waals surface area (Å²) < 4.78 is 10.5. The maximum absolute atomic E-state index is 10.5. The van der Waals surface area contributed by atoms with Crippen LogP contribution in [0.4, 0.5) is 5.69 Å². The van der Waals surface area contributed by atoms with Crippen LogP contribution in [-0.4, -0.2) is 19.3 Å². The smallest absolute Gasteiger partial charge is 0.148 e. The number of aliphatic hydroxyl groups excluding tert-OH is 1. The lowest BCUT2D eigenvalue weighted by Crippen LogP contribution is -2.05. The fraction of sp³-hybridized carbons (Fsp3) is 0.200. The van der Waals surface area contributed by atoms with Crippen molar-refractivity contribution in [2.24, 2.45) is 0 Å². The average Bonchev–Trinajstić information content (AvgIpc) is 2.46. The minimum atomic E-state index is -0.812. The summed E-state index contributed by atoms with van der Waals surface area (Å²) in [4.78, 5) is 0. The van der Waals surface area contributed by atoms with Crippen molar-refractivity contribution in [2.75, 3.05) is 20.0 Å². The van der Waals surface area contributed by atoms with Crippen LogP contribution < -0.4 is 15.2 Å². The molecule has 0 saturated carbocycles. The number of benzene rings is 2. The molecule has 19 heavy (non-hydrogen) atoms. The van der Waals surface area contributed by atoms with Gasteiger partial charge >= 0.3 is 0 Å². The molecule has 2 aromatic rings. The van der Waals surface area contributed by atoms with E-state index in [4.69, 9.17) is 15.2 Å². The van der Waals surface area contributed by atoms with Crippen molar-refractivity contribution < 1.29 is 14.6 Å². The Balaban J connectivity index is 2.51. The van der Waals surface area contributed by atoms with Gasteiger partial charge in [0.25, 0.3) is 0 Å². The zero-order valence-electron chi connectivity index (χ0n) is 11.0. The molecule has 4 heteroatoms. The minimum absolute atomic E-state index is 0.437. The van der Waals surface area contributed by atoms with Gasteiger partial charge in [-0.25, -0.2) is 0 Å². The summed E-state index contributed by atoms with van der Waals surface area (Å²) in [5.74, 6) is 1.06. The van der Waals surface area contributed by atoms with Crippen LogP contribution in [0, 0.1) is 0 Å². The third-order valence-corrected chi connectivity index (χ3v) is 2.97. The van der Waals surface area contributed by atoms with Gasteiger partial charge in [0, 0.05) is 11.6 Å². The molecule has 0 radical (unpaired) electrons. The highest BCUT2D eigenvalue weighted by molar-refractivity contribution is 5.62. The number of nitrogens with two attached hydrogens (primary N) is 1. The standard InChI is InChI=1S/C15H17NO3/c1-18-11-8-12(15(19-2)13(16)9-11)14(17)10-6-4-3-5-7-10/h3-9,14,17H,16H2,1-2H3. The van der Waals surface area contributed by atoms with Crippen LogP contribution in [0.5, 0.6) is 11.5 Å². The number of rotatable bonds is 4. The van der Waals surface area contributed by atoms with Gasteiger partial charge in [-0.2, -0.15) is 0 Å². The normalized spacial score (nSPS) is 11.9. The number of ether oxygens (including phenoxy) is 2. The van der Waals surface area contributed by atoms with Gasteiger partial charge in [-0.3, -0.25) is 0 Å². The topological polar surface area (TPSA) is 64.7 Å². The number of nitrogen functional groups attached to an aromatic ring is 1. The van der Waals surface area contributed by atoms with E-state index < -0.39 is 6.10 Å². The minimum Gasteiger partial charge on any atom is -0.497 e. The monoisotopic (exact) mass is 259 g/mol. The zero-order valence-corrected chi connectivity index (χ0v) is 11.0. The molecule has 0 fully saturated rings. The summed E-state index contributed by atoms with van der Waals surface area (Å²) in [5, 5.41) is 10.5. The number of methoxy groups -OCH3 is 2. The van der Waals surface area contributed by atoms with E-state index in [9.17, 15) is 5.11 Å². The molecule has 0 heterocycles. The Bertz CT molecular complexity index is 555. The van der Waals surface area contributed by atoms with Gasteiger partial charge in [-0.15, -0.1) is 0 Å². The first-order chi connectivity index (χ1) is 9.17. The summed E-state index contributed by atoms with van der Waals surface area (Å²) in [5.41, 5.74) is 7.71. The predicted molar refractivity (Wildman–Crippen MR) is 74.5 cm³/mol. The number of aliphatic hydroxyl groups is 1. The number of hydrogen-bond acceptors (Lipinski definition) is 4. The largest absolute Gasteiger partial charge is 0.497 e. The first kappa shape index (κ1) is 13.2. The molecule has 3 N–H and O–H groups in total. The van der Waals surface area contributed by atoms with Gasteiger partial charge in [0.05, 0.1) is 19.9 Å². The van der Waals surface area contributed by atoms with Gasteiger partial charge in [0.1, 0.15) is 17.6 Å². The van der Waals surface area contributed by atoms with Crippen molar-refractivity contribution in [1.82, 2.24) is 0 Å². The Morgan fingerprint density at radius 1 is 1.05 bits per heavy atom. The Labute approximate surface area is 112 Å². The lowest BCUT2D eigenvalue weighted by Gasteiger charge is -2.18. The summed E-state index contributed by atoms with van der Waals surface area (Å²) in [6.45, 7) is 0. The van der Waals surface area contributed by atoms with E-state index >= 15 is 0 Å². The molecular formula is C15H17NO3. The van der Waals surface area contributed by atoms with Crippen molar-refractivity contribution in [3.63, 3.8) is 0 Å². The second-order valence-electron chi connectivity index (χ2n) is 4.15. The lowest BCUT2D eigenvalue weighted by atomic mass is 9.99. The van der Waals surface area contributed by atoms with E-state index in [0.717, 1.165) is 5.56 Å². The van der Waals surface area contributed by atoms with Crippen LogP contribution in [0.3, 0.4) is 0 Å². The van der Waals surface area contributed by atoms with Gasteiger partial charge < -0.3 is 20.3 Å². The van der Waals surface area contributed by atoms with Crippen LogP contribution >= 0.6 is 0 Å². The number of hydrogen-bond donors (Lipinski definition) is 2. The second kappa shape index (κ2) is 5.63. The van der Waals surface area contributed by atoms with Crippen LogP contribution in [0.15, 0.2) is 42.5 Å². The van der Waals surface area contributed by atoms with Crippen molar-refractivity contribution in [1.29, 1.82) is 0 Å². The molecule has 2 rings (SSSR count). The molecule has 0 aliphatic rings. The molecular weight excluding hydrogens is 242 g/mol. The third kappa shape index (κ3) is 2.63. The van der Waals surface area contributed by atoms with E-state index in [1.54, 1.807) is 19.2 Å². The van der Waals surface area contributed by atoms with E-state index in [0.29, 0.717) is 22.7 Å². The first-order valence-electron chi connectivity index (χ1n) is 5.91. The summed E-state index contributed by atoms with van der Waals surface area (Å²) in [6.07, 6.45) is -0.812. The first-order valence-corrected chi connectivity index (χ1v) is 5.91. The summed E-state index contributed by atoms with van der Waals surface area (Å²) >= 11 is 0. The Hall–Kier alpha value is -2.20. The highest BCUT2D eigenvalue weighted by atomic mass is 16.5. The molecule has 0 aromatic heterocycles. The van der Waals surface area contributed by atoms with E-state index in [1.165, 1.54) is 7.11 Å². The Morgan fingerprint density at radius 2 is 1.74 bits per heavy atom. The molecule has 0 aliphatic heterocycles. The van der Waals surface area contributed by atoms with Crippen LogP contribution in [-0.2, 0) is 0 Å². The molecule has 4 nitrogen and oxygen atoms in total. The van der Waals surface area contributed by atoms with Crippen LogP contribution in [0.1, 0.15) is 17.2 Å². The van der Waals surface area contributed by atoms with Crippen molar-refractivity contribution in [3.8, 4) is 11.5 Å². The molecule has 0 spiro atoms. The lowest BCUT2D eigenvalue weighted by molar-refractivity contribution is 0.214. The van der Waals surface area contributed by atoms with Crippen LogP contribution in [0.2, 0.25) is 0 Å². The Morgan fingerprint density at radius 3 is 2.32 bits per heavy atom. The summed E-state index contributed by atoms with van der Waals surface area (Å²) in [7, 11) is 3.08. The molecule has 0 aliphatic carbocycles. The quantitative estimate of drug-likeness (QED) is 0.827. The molecule has 1 unspecified atom stereocenters. The fourth-order valence-corrected chi connectivity index (χ4v) is 2.02. The van der Waals surface area contributed by atoms with E-state index in [-0.39, 0.29) is 0 Å². The van der Waals surface area contributed by atoms with Crippen molar-refractivity contribution in [2.45, 2.75) is 6.10 Å². The zero-order chi connectivity index (χ0) is 13.8. The molecule has 0 amide bonds. The van der Waals surface area contributed by atoms with Crippen molar-refractivity contribution >= 4 is 5.69 Å². The van der Waals surface area contributed by atoms with Crippen LogP contribution in [0.25, 0.3) is 0 Å². The molecule has 0 bridgehead atoms. The molecule has 0 saturated heterocycles. The predicted octanol–water partition coefficient (Wildman–Crippen LogP) is 2.37. The maximum Gasteiger partial charge on any atom is 0.148 e. The highest BCUT2D eigenvalue weighted by Crippen LogP contribution is 2.37. The van der Waals surface area contributed by atoms with E-state index in [1.807, 2.05) is 30.3 Å². The fourth-order valence-electron chi connectivity index (χ4n) is 2.02. The molecule has 1 atom stereocenters.